The van der Waals surface area contributed by atoms with E-state index >= 15 is 0 Å². The Morgan fingerprint density at radius 2 is 1.95 bits per heavy atom. The van der Waals surface area contributed by atoms with Crippen molar-refractivity contribution in [2.75, 3.05) is 24.8 Å². The number of benzene rings is 1. The van der Waals surface area contributed by atoms with Crippen LogP contribution in [0.4, 0.5) is 23.0 Å². The molecule has 0 aliphatic heterocycles. The molecule has 2 N–H and O–H groups in total. The van der Waals surface area contributed by atoms with E-state index in [-0.39, 0.29) is 17.3 Å². The lowest BCUT2D eigenvalue weighted by atomic mass is 10.2. The van der Waals surface area contributed by atoms with Gasteiger partial charge >= 0.3 is 5.69 Å². The summed E-state index contributed by atoms with van der Waals surface area (Å²) >= 11 is 0. The second-order valence-corrected chi connectivity index (χ2v) is 3.95. The van der Waals surface area contributed by atoms with Gasteiger partial charge in [-0.2, -0.15) is 0 Å². The number of ether oxygens (including phenoxy) is 1. The molecule has 1 aromatic carbocycles. The van der Waals surface area contributed by atoms with Crippen molar-refractivity contribution in [3.63, 3.8) is 0 Å². The number of hydrogen-bond donors (Lipinski definition) is 1. The molecule has 0 saturated carbocycles. The topological polar surface area (TPSA) is 107 Å². The van der Waals surface area contributed by atoms with Gasteiger partial charge < -0.3 is 15.4 Å². The van der Waals surface area contributed by atoms with Gasteiger partial charge in [0.05, 0.1) is 12.0 Å². The zero-order valence-electron chi connectivity index (χ0n) is 11.0. The van der Waals surface area contributed by atoms with Gasteiger partial charge in [-0.1, -0.05) is 0 Å². The monoisotopic (exact) mass is 275 g/mol. The maximum Gasteiger partial charge on any atom is 0.353 e. The summed E-state index contributed by atoms with van der Waals surface area (Å²) in [4.78, 5) is 19.6. The van der Waals surface area contributed by atoms with E-state index in [9.17, 15) is 10.1 Å². The minimum Gasteiger partial charge on any atom is -0.497 e. The Hall–Kier alpha value is -2.90. The van der Waals surface area contributed by atoms with Crippen LogP contribution in [-0.2, 0) is 0 Å². The quantitative estimate of drug-likeness (QED) is 0.668. The van der Waals surface area contributed by atoms with Crippen LogP contribution in [0.1, 0.15) is 0 Å². The van der Waals surface area contributed by atoms with E-state index < -0.39 is 4.92 Å². The highest BCUT2D eigenvalue weighted by Gasteiger charge is 2.24. The molecular formula is C12H13N5O3. The number of nitrogen functional groups attached to an aromatic ring is 1. The van der Waals surface area contributed by atoms with Crippen LogP contribution in [0.3, 0.4) is 0 Å². The van der Waals surface area contributed by atoms with Crippen LogP contribution >= 0.6 is 0 Å². The molecule has 2 rings (SSSR count). The molecule has 1 heterocycles. The standard InChI is InChI=1S/C12H13N5O3/c1-16(8-3-5-9(20-2)6-4-8)12-10(17(18)19)11(13)14-7-15-12/h3-7H,1-2H3,(H2,13,14,15). The highest BCUT2D eigenvalue weighted by atomic mass is 16.6. The van der Waals surface area contributed by atoms with Crippen molar-refractivity contribution in [2.45, 2.75) is 0 Å². The molecule has 0 fully saturated rings. The Kier molecular flexibility index (Phi) is 3.65. The van der Waals surface area contributed by atoms with Crippen LogP contribution in [-0.4, -0.2) is 29.0 Å². The maximum absolute atomic E-state index is 11.1. The number of hydrogen-bond acceptors (Lipinski definition) is 7. The molecule has 0 unspecified atom stereocenters. The molecule has 104 valence electrons. The second-order valence-electron chi connectivity index (χ2n) is 3.95. The van der Waals surface area contributed by atoms with Crippen molar-refractivity contribution in [3.05, 3.63) is 40.7 Å². The molecule has 20 heavy (non-hydrogen) atoms. The number of nitro groups is 1. The van der Waals surface area contributed by atoms with Gasteiger partial charge in [-0.3, -0.25) is 10.1 Å². The van der Waals surface area contributed by atoms with Crippen LogP contribution in [0.2, 0.25) is 0 Å². The molecule has 0 aliphatic rings. The molecule has 2 aromatic rings. The number of rotatable bonds is 4. The third kappa shape index (κ3) is 2.44. The van der Waals surface area contributed by atoms with Crippen LogP contribution in [0.15, 0.2) is 30.6 Å². The first-order valence-corrected chi connectivity index (χ1v) is 5.67. The van der Waals surface area contributed by atoms with Crippen LogP contribution in [0.5, 0.6) is 5.75 Å². The van der Waals surface area contributed by atoms with Crippen molar-refractivity contribution in [1.82, 2.24) is 9.97 Å². The molecule has 8 heteroatoms. The summed E-state index contributed by atoms with van der Waals surface area (Å²) in [6.45, 7) is 0. The summed E-state index contributed by atoms with van der Waals surface area (Å²) < 4.78 is 5.06. The number of nitrogens with two attached hydrogens (primary N) is 1. The fourth-order valence-electron chi connectivity index (χ4n) is 1.73. The number of nitrogens with zero attached hydrogens (tertiary/aromatic N) is 4. The molecule has 0 spiro atoms. The normalized spacial score (nSPS) is 10.1. The molecule has 0 atom stereocenters. The lowest BCUT2D eigenvalue weighted by molar-refractivity contribution is -0.383. The Morgan fingerprint density at radius 1 is 1.30 bits per heavy atom. The fraction of sp³-hybridized carbons (Fsp3) is 0.167. The summed E-state index contributed by atoms with van der Waals surface area (Å²) in [6, 6.07) is 7.03. The average molecular weight is 275 g/mol. The van der Waals surface area contributed by atoms with Crippen LogP contribution in [0.25, 0.3) is 0 Å². The Labute approximate surface area is 115 Å². The first-order chi connectivity index (χ1) is 9.54. The molecule has 0 aliphatic carbocycles. The molecule has 0 radical (unpaired) electrons. The zero-order valence-corrected chi connectivity index (χ0v) is 11.0. The van der Waals surface area contributed by atoms with E-state index in [4.69, 9.17) is 10.5 Å². The minimum absolute atomic E-state index is 0.132. The van der Waals surface area contributed by atoms with E-state index in [1.54, 1.807) is 43.3 Å². The fourth-order valence-corrected chi connectivity index (χ4v) is 1.73. The van der Waals surface area contributed by atoms with Gasteiger partial charge in [-0.05, 0) is 24.3 Å². The Balaban J connectivity index is 2.44. The van der Waals surface area contributed by atoms with E-state index in [1.165, 1.54) is 6.33 Å². The minimum atomic E-state index is -0.593. The van der Waals surface area contributed by atoms with Crippen molar-refractivity contribution in [2.24, 2.45) is 0 Å². The summed E-state index contributed by atoms with van der Waals surface area (Å²) in [7, 11) is 3.23. The lowest BCUT2D eigenvalue weighted by Gasteiger charge is -2.18. The zero-order chi connectivity index (χ0) is 14.7. The first-order valence-electron chi connectivity index (χ1n) is 5.67. The number of aromatic nitrogens is 2. The number of methoxy groups -OCH3 is 1. The molecule has 1 aromatic heterocycles. The van der Waals surface area contributed by atoms with Gasteiger partial charge in [-0.25, -0.2) is 9.97 Å². The summed E-state index contributed by atoms with van der Waals surface area (Å²) in [6.07, 6.45) is 1.19. The molecule has 0 saturated heterocycles. The highest BCUT2D eigenvalue weighted by molar-refractivity contribution is 5.74. The van der Waals surface area contributed by atoms with Gasteiger partial charge in [0.1, 0.15) is 12.1 Å². The van der Waals surface area contributed by atoms with Crippen LogP contribution < -0.4 is 15.4 Å². The summed E-state index contributed by atoms with van der Waals surface area (Å²) in [5.41, 5.74) is 5.95. The van der Waals surface area contributed by atoms with Crippen molar-refractivity contribution in [1.29, 1.82) is 0 Å². The Morgan fingerprint density at radius 3 is 2.50 bits per heavy atom. The molecular weight excluding hydrogens is 262 g/mol. The molecule has 0 bridgehead atoms. The lowest BCUT2D eigenvalue weighted by Crippen LogP contribution is -2.15. The van der Waals surface area contributed by atoms with E-state index in [2.05, 4.69) is 9.97 Å². The third-order valence-corrected chi connectivity index (χ3v) is 2.79. The van der Waals surface area contributed by atoms with Gasteiger partial charge in [0.2, 0.25) is 11.6 Å². The SMILES string of the molecule is COc1ccc(N(C)c2ncnc(N)c2[N+](=O)[O-])cc1. The predicted molar refractivity (Wildman–Crippen MR) is 74.2 cm³/mol. The maximum atomic E-state index is 11.1. The van der Waals surface area contributed by atoms with E-state index in [1.807, 2.05) is 0 Å². The summed E-state index contributed by atoms with van der Waals surface area (Å²) in [5.74, 6) is 0.659. The van der Waals surface area contributed by atoms with Crippen molar-refractivity contribution >= 4 is 23.0 Å². The largest absolute Gasteiger partial charge is 0.497 e. The smallest absolute Gasteiger partial charge is 0.353 e. The van der Waals surface area contributed by atoms with Gasteiger partial charge in [0.15, 0.2) is 0 Å². The van der Waals surface area contributed by atoms with E-state index in [0.717, 1.165) is 0 Å². The Bertz CT molecular complexity index is 629. The second kappa shape index (κ2) is 5.39. The molecule has 8 nitrogen and oxygen atoms in total. The predicted octanol–water partition coefficient (Wildman–Crippen LogP) is 1.74. The van der Waals surface area contributed by atoms with Gasteiger partial charge in [0.25, 0.3) is 0 Å². The first kappa shape index (κ1) is 13.5. The molecule has 0 amide bonds. The van der Waals surface area contributed by atoms with Crippen molar-refractivity contribution < 1.29 is 9.66 Å². The van der Waals surface area contributed by atoms with Gasteiger partial charge in [-0.15, -0.1) is 0 Å². The number of anilines is 3. The van der Waals surface area contributed by atoms with Gasteiger partial charge in [0, 0.05) is 12.7 Å². The average Bonchev–Trinajstić information content (AvgIpc) is 2.46. The van der Waals surface area contributed by atoms with Crippen molar-refractivity contribution in [3.8, 4) is 5.75 Å². The summed E-state index contributed by atoms with van der Waals surface area (Å²) in [5, 5.41) is 11.1. The van der Waals surface area contributed by atoms with E-state index in [0.29, 0.717) is 11.4 Å². The van der Waals surface area contributed by atoms with Crippen LogP contribution in [0, 0.1) is 10.1 Å². The third-order valence-electron chi connectivity index (χ3n) is 2.79. The highest BCUT2D eigenvalue weighted by Crippen LogP contribution is 2.33.